The Labute approximate surface area is 203 Å². The first kappa shape index (κ1) is 32.0. The smallest absolute Gasteiger partial charge is 0.224 e. The lowest BCUT2D eigenvalue weighted by Crippen LogP contribution is -2.48. The molecule has 0 rings (SSSR count). The van der Waals surface area contributed by atoms with Gasteiger partial charge in [-0.3, -0.25) is 9.59 Å². The summed E-state index contributed by atoms with van der Waals surface area (Å²) < 4.78 is 11.7. The molecule has 0 aromatic heterocycles. The fourth-order valence-corrected chi connectivity index (χ4v) is 3.38. The van der Waals surface area contributed by atoms with Crippen LogP contribution >= 0.6 is 0 Å². The Morgan fingerprint density at radius 3 is 2.18 bits per heavy atom. The van der Waals surface area contributed by atoms with E-state index in [0.717, 1.165) is 12.8 Å². The van der Waals surface area contributed by atoms with Gasteiger partial charge in [-0.25, -0.2) is 0 Å². The van der Waals surface area contributed by atoms with Gasteiger partial charge in [-0.05, 0) is 46.5 Å². The largest absolute Gasteiger partial charge is 0.381 e. The van der Waals surface area contributed by atoms with Gasteiger partial charge in [0.05, 0.1) is 19.6 Å². The zero-order valence-electron chi connectivity index (χ0n) is 23.1. The van der Waals surface area contributed by atoms with Gasteiger partial charge in [0.15, 0.2) is 0 Å². The molecule has 0 saturated carbocycles. The monoisotopic (exact) mass is 471 g/mol. The van der Waals surface area contributed by atoms with Crippen molar-refractivity contribution in [3.63, 3.8) is 0 Å². The molecule has 0 aliphatic carbocycles. The number of Topliss-reactive ketones (excluding diaryl/α,β-unsaturated/α-hetero) is 1. The van der Waals surface area contributed by atoms with E-state index in [2.05, 4.69) is 38.3 Å². The summed E-state index contributed by atoms with van der Waals surface area (Å²) >= 11 is 0. The number of carbonyl (C=O) groups is 2. The number of ether oxygens (including phenoxy) is 2. The van der Waals surface area contributed by atoms with E-state index in [1.54, 1.807) is 6.92 Å². The maximum absolute atomic E-state index is 12.5. The van der Waals surface area contributed by atoms with Crippen molar-refractivity contribution >= 4 is 11.7 Å². The van der Waals surface area contributed by atoms with Gasteiger partial charge in [-0.15, -0.1) is 0 Å². The summed E-state index contributed by atoms with van der Waals surface area (Å²) in [7, 11) is 0. The average molecular weight is 472 g/mol. The van der Waals surface area contributed by atoms with Gasteiger partial charge in [-0.2, -0.15) is 0 Å². The molecule has 3 atom stereocenters. The summed E-state index contributed by atoms with van der Waals surface area (Å²) in [6.07, 6.45) is 2.50. The number of rotatable bonds is 18. The third-order valence-electron chi connectivity index (χ3n) is 5.77. The number of ketones is 1. The van der Waals surface area contributed by atoms with Gasteiger partial charge < -0.3 is 25.8 Å². The highest BCUT2D eigenvalue weighted by Crippen LogP contribution is 2.18. The molecule has 4 N–H and O–H groups in total. The number of nitrogens with one attached hydrogen (secondary N) is 2. The Hall–Kier alpha value is -1.02. The summed E-state index contributed by atoms with van der Waals surface area (Å²) in [5.41, 5.74) is 4.93. The number of hydrogen-bond acceptors (Lipinski definition) is 6. The highest BCUT2D eigenvalue weighted by atomic mass is 16.5. The highest BCUT2D eigenvalue weighted by molar-refractivity contribution is 5.80. The molecule has 0 aromatic carbocycles. The molecule has 196 valence electrons. The maximum Gasteiger partial charge on any atom is 0.224 e. The molecule has 3 unspecified atom stereocenters. The van der Waals surface area contributed by atoms with Crippen LogP contribution in [0.25, 0.3) is 0 Å². The molecule has 0 saturated heterocycles. The number of hydrogen-bond donors (Lipinski definition) is 3. The van der Waals surface area contributed by atoms with Gasteiger partial charge in [0.25, 0.3) is 0 Å². The Bertz CT molecular complexity index is 588. The third-order valence-corrected chi connectivity index (χ3v) is 5.77. The molecule has 0 bridgehead atoms. The van der Waals surface area contributed by atoms with E-state index in [1.165, 1.54) is 0 Å². The quantitative estimate of drug-likeness (QED) is 0.261. The number of carbonyl (C=O) groups excluding carboxylic acids is 2. The van der Waals surface area contributed by atoms with Crippen LogP contribution in [-0.4, -0.2) is 55.4 Å². The van der Waals surface area contributed by atoms with Crippen LogP contribution in [0.2, 0.25) is 0 Å². The molecule has 1 amide bonds. The molecule has 0 fully saturated rings. The Morgan fingerprint density at radius 1 is 1.03 bits per heavy atom. The van der Waals surface area contributed by atoms with Crippen molar-refractivity contribution in [2.75, 3.05) is 26.4 Å². The molecule has 0 heterocycles. The molecule has 0 aliphatic rings. The second-order valence-corrected chi connectivity index (χ2v) is 11.8. The van der Waals surface area contributed by atoms with Crippen LogP contribution in [0.5, 0.6) is 0 Å². The van der Waals surface area contributed by atoms with Crippen LogP contribution < -0.4 is 16.4 Å². The zero-order valence-corrected chi connectivity index (χ0v) is 23.1. The van der Waals surface area contributed by atoms with E-state index in [9.17, 15) is 9.59 Å². The van der Waals surface area contributed by atoms with E-state index in [0.29, 0.717) is 38.8 Å². The van der Waals surface area contributed by atoms with Gasteiger partial charge in [0.1, 0.15) is 11.5 Å². The van der Waals surface area contributed by atoms with Crippen molar-refractivity contribution in [2.24, 2.45) is 23.0 Å². The number of amides is 1. The summed E-state index contributed by atoms with van der Waals surface area (Å²) in [5, 5.41) is 6.54. The lowest BCUT2D eigenvalue weighted by molar-refractivity contribution is -0.129. The van der Waals surface area contributed by atoms with Crippen molar-refractivity contribution < 1.29 is 19.1 Å². The van der Waals surface area contributed by atoms with Crippen molar-refractivity contribution in [1.29, 1.82) is 0 Å². The molecule has 0 radical (unpaired) electrons. The summed E-state index contributed by atoms with van der Waals surface area (Å²) in [6, 6.07) is 0.438. The van der Waals surface area contributed by atoms with E-state index in [-0.39, 0.29) is 40.9 Å². The lowest BCUT2D eigenvalue weighted by Gasteiger charge is -2.32. The van der Waals surface area contributed by atoms with Crippen molar-refractivity contribution in [3.8, 4) is 0 Å². The van der Waals surface area contributed by atoms with Crippen LogP contribution in [0, 0.1) is 17.3 Å². The molecule has 0 spiro atoms. The highest BCUT2D eigenvalue weighted by Gasteiger charge is 2.27. The van der Waals surface area contributed by atoms with Crippen LogP contribution in [0.1, 0.15) is 94.9 Å². The fraction of sp³-hybridized carbons (Fsp3) is 0.923. The molecule has 0 aromatic rings. The van der Waals surface area contributed by atoms with Gasteiger partial charge in [0.2, 0.25) is 5.91 Å². The van der Waals surface area contributed by atoms with E-state index < -0.39 is 5.72 Å². The summed E-state index contributed by atoms with van der Waals surface area (Å²) in [4.78, 5) is 24.3. The van der Waals surface area contributed by atoms with Gasteiger partial charge in [0, 0.05) is 42.5 Å². The maximum atomic E-state index is 12.5. The molecule has 0 aliphatic heterocycles. The number of nitrogens with two attached hydrogens (primary N) is 1. The minimum Gasteiger partial charge on any atom is -0.381 e. The standard InChI is InChI=1S/C26H53N3O4/c1-11-21(5)29-25(8,9)12-13-33-26(10,27)15-23(31)28-17-24(6,7)18-32-16-20(4)14-22(30)19(2)3/h19-21,29H,11-18,27H2,1-10H3,(H,28,31). The van der Waals surface area contributed by atoms with Crippen molar-refractivity contribution in [1.82, 2.24) is 10.6 Å². The predicted molar refractivity (Wildman–Crippen MR) is 136 cm³/mol. The van der Waals surface area contributed by atoms with E-state index in [1.807, 2.05) is 34.6 Å². The summed E-state index contributed by atoms with van der Waals surface area (Å²) in [5.74, 6) is 0.371. The minimum atomic E-state index is -1.02. The minimum absolute atomic E-state index is 0.0582. The van der Waals surface area contributed by atoms with Gasteiger partial charge >= 0.3 is 0 Å². The Kier molecular flexibility index (Phi) is 14.0. The zero-order chi connectivity index (χ0) is 25.9. The SMILES string of the molecule is CCC(C)NC(C)(C)CCOC(C)(N)CC(=O)NCC(C)(C)COCC(C)CC(=O)C(C)C. The Morgan fingerprint density at radius 2 is 1.64 bits per heavy atom. The molecule has 33 heavy (non-hydrogen) atoms. The topological polar surface area (TPSA) is 103 Å². The van der Waals surface area contributed by atoms with Gasteiger partial charge in [-0.1, -0.05) is 41.5 Å². The third kappa shape index (κ3) is 16.3. The van der Waals surface area contributed by atoms with Crippen LogP contribution in [0.15, 0.2) is 0 Å². The molecular formula is C26H53N3O4. The Balaban J connectivity index is 4.30. The molecule has 7 heteroatoms. The first-order valence-corrected chi connectivity index (χ1v) is 12.6. The van der Waals surface area contributed by atoms with E-state index >= 15 is 0 Å². The first-order valence-electron chi connectivity index (χ1n) is 12.6. The van der Waals surface area contributed by atoms with Crippen LogP contribution in [0.4, 0.5) is 0 Å². The van der Waals surface area contributed by atoms with Crippen LogP contribution in [-0.2, 0) is 19.1 Å². The van der Waals surface area contributed by atoms with Crippen LogP contribution in [0.3, 0.4) is 0 Å². The van der Waals surface area contributed by atoms with Crippen molar-refractivity contribution in [2.45, 2.75) is 112 Å². The molecular weight excluding hydrogens is 418 g/mol. The second-order valence-electron chi connectivity index (χ2n) is 11.8. The van der Waals surface area contributed by atoms with E-state index in [4.69, 9.17) is 15.2 Å². The summed E-state index contributed by atoms with van der Waals surface area (Å²) in [6.45, 7) is 22.3. The predicted octanol–water partition coefficient (Wildman–Crippen LogP) is 4.04. The average Bonchev–Trinajstić information content (AvgIpc) is 2.64. The molecule has 7 nitrogen and oxygen atoms in total. The lowest BCUT2D eigenvalue weighted by atomic mass is 9.94. The first-order chi connectivity index (χ1) is 15.0. The van der Waals surface area contributed by atoms with Crippen molar-refractivity contribution in [3.05, 3.63) is 0 Å². The fourth-order valence-electron chi connectivity index (χ4n) is 3.38. The normalized spacial score (nSPS) is 16.4. The second kappa shape index (κ2) is 14.4.